The van der Waals surface area contributed by atoms with E-state index < -0.39 is 0 Å². The smallest absolute Gasteiger partial charge is 0.223 e. The predicted octanol–water partition coefficient (Wildman–Crippen LogP) is 3.31. The summed E-state index contributed by atoms with van der Waals surface area (Å²) in [7, 11) is 0. The largest absolute Gasteiger partial charge is 0.493 e. The van der Waals surface area contributed by atoms with Crippen LogP contribution >= 0.6 is 0 Å². The summed E-state index contributed by atoms with van der Waals surface area (Å²) >= 11 is 0. The topological polar surface area (TPSA) is 41.6 Å². The van der Waals surface area contributed by atoms with Gasteiger partial charge in [-0.2, -0.15) is 0 Å². The number of rotatable bonds is 8. The van der Waals surface area contributed by atoms with E-state index in [0.717, 1.165) is 36.7 Å². The number of carbonyl (C=O) groups is 1. The minimum absolute atomic E-state index is 0.0765. The molecule has 1 heterocycles. The fraction of sp³-hybridized carbons (Fsp3) is 0.650. The van der Waals surface area contributed by atoms with Crippen LogP contribution in [0, 0.1) is 19.8 Å². The van der Waals surface area contributed by atoms with Gasteiger partial charge in [0.2, 0.25) is 5.91 Å². The van der Waals surface area contributed by atoms with Gasteiger partial charge in [-0.05, 0) is 75.9 Å². The first-order valence-electron chi connectivity index (χ1n) is 9.23. The maximum absolute atomic E-state index is 11.9. The lowest BCUT2D eigenvalue weighted by Gasteiger charge is -2.30. The first-order chi connectivity index (χ1) is 11.5. The minimum Gasteiger partial charge on any atom is -0.493 e. The van der Waals surface area contributed by atoms with Gasteiger partial charge in [0.25, 0.3) is 0 Å². The van der Waals surface area contributed by atoms with Gasteiger partial charge in [0.05, 0.1) is 13.0 Å². The Balaban J connectivity index is 1.54. The van der Waals surface area contributed by atoms with E-state index in [1.54, 1.807) is 0 Å². The van der Waals surface area contributed by atoms with Crippen LogP contribution in [0.3, 0.4) is 0 Å². The lowest BCUT2D eigenvalue weighted by atomic mass is 9.99. The van der Waals surface area contributed by atoms with Crippen molar-refractivity contribution in [3.63, 3.8) is 0 Å². The van der Waals surface area contributed by atoms with Crippen LogP contribution < -0.4 is 10.1 Å². The molecule has 1 amide bonds. The molecule has 24 heavy (non-hydrogen) atoms. The number of likely N-dealkylation sites (tertiary alicyclic amines) is 1. The van der Waals surface area contributed by atoms with E-state index in [9.17, 15) is 4.79 Å². The summed E-state index contributed by atoms with van der Waals surface area (Å²) in [5.74, 6) is 1.83. The number of piperidine rings is 1. The molecule has 0 bridgehead atoms. The van der Waals surface area contributed by atoms with Crippen molar-refractivity contribution in [3.05, 3.63) is 29.3 Å². The molecule has 2 rings (SSSR count). The molecule has 1 aliphatic heterocycles. The number of nitrogens with zero attached hydrogens (tertiary/aromatic N) is 1. The molecule has 1 saturated heterocycles. The molecule has 1 aliphatic rings. The number of hydrogen-bond acceptors (Lipinski definition) is 3. The van der Waals surface area contributed by atoms with E-state index in [1.165, 1.54) is 31.5 Å². The second kappa shape index (κ2) is 9.67. The van der Waals surface area contributed by atoms with Crippen LogP contribution in [-0.2, 0) is 4.79 Å². The van der Waals surface area contributed by atoms with Crippen molar-refractivity contribution in [2.75, 3.05) is 32.8 Å². The third-order valence-corrected chi connectivity index (χ3v) is 4.78. The summed E-state index contributed by atoms with van der Waals surface area (Å²) < 4.78 is 5.73. The lowest BCUT2D eigenvalue weighted by molar-refractivity contribution is -0.121. The molecular formula is C20H32N2O2. The molecule has 4 heteroatoms. The van der Waals surface area contributed by atoms with Gasteiger partial charge in [-0.3, -0.25) is 4.79 Å². The molecule has 1 aromatic rings. The first-order valence-corrected chi connectivity index (χ1v) is 9.23. The summed E-state index contributed by atoms with van der Waals surface area (Å²) in [6, 6.07) is 6.14. The van der Waals surface area contributed by atoms with Crippen LogP contribution in [0.1, 0.15) is 43.7 Å². The van der Waals surface area contributed by atoms with Crippen molar-refractivity contribution >= 4 is 5.91 Å². The summed E-state index contributed by atoms with van der Waals surface area (Å²) in [5.41, 5.74) is 2.28. The first kappa shape index (κ1) is 18.8. The molecule has 4 nitrogen and oxygen atoms in total. The molecule has 1 fully saturated rings. The molecule has 0 unspecified atom stereocenters. The zero-order chi connectivity index (χ0) is 17.4. The Hall–Kier alpha value is -1.55. The van der Waals surface area contributed by atoms with Crippen molar-refractivity contribution in [2.24, 2.45) is 5.92 Å². The van der Waals surface area contributed by atoms with Crippen LogP contribution in [0.4, 0.5) is 0 Å². The average Bonchev–Trinajstić information content (AvgIpc) is 2.56. The highest BCUT2D eigenvalue weighted by Gasteiger charge is 2.14. The number of nitrogens with one attached hydrogen (secondary N) is 1. The SMILES string of the molecule is Cc1ccc(C)c(OCCC(=O)NCCCN2CCC(C)CC2)c1. The standard InChI is InChI=1S/C20H32N2O2/c1-16-7-12-22(13-8-16)11-4-10-21-20(23)9-14-24-19-15-17(2)5-6-18(19)3/h5-6,15-16H,4,7-14H2,1-3H3,(H,21,23). The summed E-state index contributed by atoms with van der Waals surface area (Å²) in [6.07, 6.45) is 4.05. The Labute approximate surface area is 146 Å². The monoisotopic (exact) mass is 332 g/mol. The average molecular weight is 332 g/mol. The van der Waals surface area contributed by atoms with Crippen LogP contribution in [0.25, 0.3) is 0 Å². The lowest BCUT2D eigenvalue weighted by Crippen LogP contribution is -2.35. The van der Waals surface area contributed by atoms with Gasteiger partial charge in [-0.1, -0.05) is 19.1 Å². The van der Waals surface area contributed by atoms with Crippen molar-refractivity contribution < 1.29 is 9.53 Å². The fourth-order valence-corrected chi connectivity index (χ4v) is 3.02. The maximum Gasteiger partial charge on any atom is 0.223 e. The number of ether oxygens (including phenoxy) is 1. The molecule has 0 radical (unpaired) electrons. The molecule has 0 aliphatic carbocycles. The Morgan fingerprint density at radius 2 is 2.04 bits per heavy atom. The molecular weight excluding hydrogens is 300 g/mol. The number of carbonyl (C=O) groups excluding carboxylic acids is 1. The van der Waals surface area contributed by atoms with Crippen molar-refractivity contribution in [2.45, 2.75) is 46.5 Å². The third-order valence-electron chi connectivity index (χ3n) is 4.78. The highest BCUT2D eigenvalue weighted by atomic mass is 16.5. The van der Waals surface area contributed by atoms with Crippen LogP contribution in [0.15, 0.2) is 18.2 Å². The van der Waals surface area contributed by atoms with Crippen molar-refractivity contribution in [1.29, 1.82) is 0 Å². The zero-order valence-corrected chi connectivity index (χ0v) is 15.4. The summed E-state index contributed by atoms with van der Waals surface area (Å²) in [6.45, 7) is 11.1. The van der Waals surface area contributed by atoms with Gasteiger partial charge < -0.3 is 15.0 Å². The van der Waals surface area contributed by atoms with Gasteiger partial charge in [0.1, 0.15) is 5.75 Å². The normalized spacial score (nSPS) is 16.1. The molecule has 1 aromatic carbocycles. The number of hydrogen-bond donors (Lipinski definition) is 1. The minimum atomic E-state index is 0.0765. The van der Waals surface area contributed by atoms with Crippen molar-refractivity contribution in [1.82, 2.24) is 10.2 Å². The fourth-order valence-electron chi connectivity index (χ4n) is 3.02. The van der Waals surface area contributed by atoms with Gasteiger partial charge in [-0.25, -0.2) is 0 Å². The molecule has 0 aromatic heterocycles. The Morgan fingerprint density at radius 3 is 2.79 bits per heavy atom. The van der Waals surface area contributed by atoms with Gasteiger partial charge in [-0.15, -0.1) is 0 Å². The van der Waals surface area contributed by atoms with E-state index >= 15 is 0 Å². The maximum atomic E-state index is 11.9. The highest BCUT2D eigenvalue weighted by molar-refractivity contribution is 5.75. The van der Waals surface area contributed by atoms with Crippen molar-refractivity contribution in [3.8, 4) is 5.75 Å². The number of benzene rings is 1. The second-order valence-corrected chi connectivity index (χ2v) is 7.10. The summed E-state index contributed by atoms with van der Waals surface area (Å²) in [4.78, 5) is 14.4. The van der Waals surface area contributed by atoms with E-state index in [0.29, 0.717) is 13.0 Å². The van der Waals surface area contributed by atoms with Gasteiger partial charge in [0.15, 0.2) is 0 Å². The predicted molar refractivity (Wildman–Crippen MR) is 98.5 cm³/mol. The Morgan fingerprint density at radius 1 is 1.29 bits per heavy atom. The Kier molecular flexibility index (Phi) is 7.57. The van der Waals surface area contributed by atoms with Crippen LogP contribution in [0.2, 0.25) is 0 Å². The van der Waals surface area contributed by atoms with E-state index in [-0.39, 0.29) is 5.91 Å². The molecule has 0 atom stereocenters. The highest BCUT2D eigenvalue weighted by Crippen LogP contribution is 2.19. The van der Waals surface area contributed by atoms with E-state index in [4.69, 9.17) is 4.74 Å². The molecule has 134 valence electrons. The molecule has 0 spiro atoms. The molecule has 1 N–H and O–H groups in total. The van der Waals surface area contributed by atoms with Crippen LogP contribution in [0.5, 0.6) is 5.75 Å². The van der Waals surface area contributed by atoms with E-state index in [2.05, 4.69) is 23.2 Å². The summed E-state index contributed by atoms with van der Waals surface area (Å²) in [5, 5.41) is 3.00. The number of aryl methyl sites for hydroxylation is 2. The molecule has 0 saturated carbocycles. The zero-order valence-electron chi connectivity index (χ0n) is 15.4. The Bertz CT molecular complexity index is 522. The van der Waals surface area contributed by atoms with Gasteiger partial charge >= 0.3 is 0 Å². The second-order valence-electron chi connectivity index (χ2n) is 7.10. The number of amides is 1. The van der Waals surface area contributed by atoms with Gasteiger partial charge in [0, 0.05) is 6.54 Å². The quantitative estimate of drug-likeness (QED) is 0.743. The van der Waals surface area contributed by atoms with E-state index in [1.807, 2.05) is 26.0 Å². The third kappa shape index (κ3) is 6.52. The van der Waals surface area contributed by atoms with Crippen LogP contribution in [-0.4, -0.2) is 43.6 Å².